The Kier molecular flexibility index (Phi) is 21.8. The fourth-order valence-electron chi connectivity index (χ4n) is 9.55. The normalized spacial score (nSPS) is 48.6. The van der Waals surface area contributed by atoms with Crippen LogP contribution in [0.4, 0.5) is 0 Å². The van der Waals surface area contributed by atoms with Gasteiger partial charge in [0.1, 0.15) is 140 Å². The van der Waals surface area contributed by atoms with Crippen molar-refractivity contribution in [1.29, 1.82) is 0 Å². The molecule has 0 radical (unpaired) electrons. The Hall–Kier alpha value is -2.67. The van der Waals surface area contributed by atoms with Crippen LogP contribution in [0.5, 0.6) is 0 Å². The van der Waals surface area contributed by atoms with Crippen molar-refractivity contribution in [3.05, 3.63) is 0 Å². The molecule has 0 aromatic carbocycles. The number of ether oxygens (including phenoxy) is 11. The maximum Gasteiger partial charge on any atom is 0.217 e. The fourth-order valence-corrected chi connectivity index (χ4v) is 9.55. The SMILES string of the molecule is CC(=O)N[C@H]1[C@H](O[C@H]2[C@H](O)[C@@H](NC(C)=O)C(O)O[C@@H]2CO[C@@H]2O[C@@H](C)[C@@H](O)[C@@H](O)[C@@H]2O)O[C@H](CO)[C@@H](O[C@@H]2O[C@H](CO)[C@@H](O)[C@H](O[C@H]3O[C@H](CO)[C@@H](O)[C@H](O)[C@@H]3O[C@@H]3O[C@H](CO)[C@@H](O)[C@H](O)[C@H]3NC(C)=O)[C@@H]2O)[C@@H]1O. The molecule has 6 rings (SSSR count). The van der Waals surface area contributed by atoms with E-state index in [0.717, 1.165) is 20.8 Å². The van der Waals surface area contributed by atoms with E-state index in [0.29, 0.717) is 0 Å². The Morgan fingerprint density at radius 1 is 0.373 bits per heavy atom. The predicted molar refractivity (Wildman–Crippen MR) is 233 cm³/mol. The summed E-state index contributed by atoms with van der Waals surface area (Å²) in [5, 5.41) is 180. The molecule has 1 unspecified atom stereocenters. The second-order valence-electron chi connectivity index (χ2n) is 19.0. The summed E-state index contributed by atoms with van der Waals surface area (Å²) in [5.74, 6) is -2.36. The Morgan fingerprint density at radius 3 is 1.36 bits per heavy atom. The lowest BCUT2D eigenvalue weighted by Gasteiger charge is -2.50. The molecular weight excluding hydrogens is 1030 g/mol. The third-order valence-corrected chi connectivity index (χ3v) is 13.6. The van der Waals surface area contributed by atoms with Gasteiger partial charge in [0.15, 0.2) is 37.7 Å². The van der Waals surface area contributed by atoms with Gasteiger partial charge in [-0.1, -0.05) is 0 Å². The average Bonchev–Trinajstić information content (AvgIpc) is 3.36. The van der Waals surface area contributed by atoms with E-state index in [1.54, 1.807) is 0 Å². The number of aliphatic hydroxyl groups is 16. The van der Waals surface area contributed by atoms with E-state index in [1.807, 2.05) is 0 Å². The molecule has 0 saturated carbocycles. The summed E-state index contributed by atoms with van der Waals surface area (Å²) in [6.45, 7) is -0.201. The van der Waals surface area contributed by atoms with Crippen LogP contribution in [0.2, 0.25) is 0 Å². The van der Waals surface area contributed by atoms with E-state index >= 15 is 0 Å². The van der Waals surface area contributed by atoms with E-state index in [-0.39, 0.29) is 0 Å². The molecule has 33 nitrogen and oxygen atoms in total. The van der Waals surface area contributed by atoms with Gasteiger partial charge >= 0.3 is 0 Å². The Bertz CT molecular complexity index is 1850. The lowest BCUT2D eigenvalue weighted by Crippen LogP contribution is -2.70. The predicted octanol–water partition coefficient (Wildman–Crippen LogP) is -12.6. The molecule has 6 fully saturated rings. The highest BCUT2D eigenvalue weighted by molar-refractivity contribution is 5.74. The number of carbonyl (C=O) groups is 3. The van der Waals surface area contributed by atoms with Crippen LogP contribution in [0, 0.1) is 0 Å². The van der Waals surface area contributed by atoms with Gasteiger partial charge in [-0.15, -0.1) is 0 Å². The number of hydrogen-bond acceptors (Lipinski definition) is 30. The molecule has 3 amide bonds. The van der Waals surface area contributed by atoms with Crippen molar-refractivity contribution in [2.24, 2.45) is 0 Å². The molecule has 6 aliphatic heterocycles. The number of amides is 3. The van der Waals surface area contributed by atoms with Crippen LogP contribution in [-0.2, 0) is 66.5 Å². The first-order valence-corrected chi connectivity index (χ1v) is 23.9. The van der Waals surface area contributed by atoms with E-state index in [4.69, 9.17) is 52.1 Å². The lowest BCUT2D eigenvalue weighted by molar-refractivity contribution is -0.392. The highest BCUT2D eigenvalue weighted by Gasteiger charge is 2.58. The summed E-state index contributed by atoms with van der Waals surface area (Å²) >= 11 is 0. The number of hydrogen-bond donors (Lipinski definition) is 19. The first-order chi connectivity index (χ1) is 35.4. The van der Waals surface area contributed by atoms with Crippen LogP contribution in [0.1, 0.15) is 27.7 Å². The zero-order chi connectivity index (χ0) is 55.5. The molecule has 6 heterocycles. The number of aliphatic hydroxyl groups excluding tert-OH is 16. The summed E-state index contributed by atoms with van der Waals surface area (Å²) in [6, 6.07) is -5.01. The van der Waals surface area contributed by atoms with Crippen molar-refractivity contribution >= 4 is 17.7 Å². The van der Waals surface area contributed by atoms with Crippen LogP contribution in [0.15, 0.2) is 0 Å². The highest BCUT2D eigenvalue weighted by atomic mass is 16.8. The maximum absolute atomic E-state index is 12.7. The van der Waals surface area contributed by atoms with Gasteiger partial charge in [-0.05, 0) is 6.92 Å². The number of rotatable bonds is 18. The molecule has 75 heavy (non-hydrogen) atoms. The molecule has 0 aromatic rings. The van der Waals surface area contributed by atoms with Crippen LogP contribution in [0.25, 0.3) is 0 Å². The first kappa shape index (κ1) is 61.5. The number of nitrogens with one attached hydrogen (secondary N) is 3. The van der Waals surface area contributed by atoms with Gasteiger partial charge in [-0.3, -0.25) is 14.4 Å². The molecule has 0 bridgehead atoms. The maximum atomic E-state index is 12.7. The van der Waals surface area contributed by atoms with Crippen molar-refractivity contribution < 1.29 is 148 Å². The molecule has 30 atom stereocenters. The summed E-state index contributed by atoms with van der Waals surface area (Å²) in [4.78, 5) is 36.9. The standard InChI is InChI=1S/C42H71N3O30/c1-10-22(53)29(60)31(62)40(66-10)65-9-18-34(27(58)19(37(64)67-18)43-11(2)50)72-39-21(45-13(4)52)28(59)33(17(8-49)71-39)73-41-32(63)35(25(56)16(7-48)69-41)74-42-36(30(61)24(55)15(6-47)70-42)75-38-20(44-12(3)51)26(57)23(54)14(5-46)68-38/h10,14-42,46-49,53-64H,5-9H2,1-4H3,(H,43,50)(H,44,51)(H,45,52)/t10-,14+,15+,16+,17+,18+,19+,20+,21+,22+,23+,24+,25+,26+,27+,28+,29+,30-,31-,32-,33+,34+,35-,36-,37?,38-,39-,40+,41-,42+/m0/s1. The number of carbonyl (C=O) groups excluding carboxylic acids is 3. The lowest BCUT2D eigenvalue weighted by atomic mass is 9.93. The molecule has 434 valence electrons. The molecule has 6 saturated heterocycles. The quantitative estimate of drug-likeness (QED) is 0.0606. The molecule has 0 aliphatic carbocycles. The Morgan fingerprint density at radius 2 is 0.800 bits per heavy atom. The van der Waals surface area contributed by atoms with Gasteiger partial charge in [-0.25, -0.2) is 0 Å². The summed E-state index contributed by atoms with van der Waals surface area (Å²) < 4.78 is 63.7. The minimum absolute atomic E-state index is 0.724. The van der Waals surface area contributed by atoms with E-state index in [2.05, 4.69) is 16.0 Å². The summed E-state index contributed by atoms with van der Waals surface area (Å²) in [5.41, 5.74) is 0. The average molecular weight is 1100 g/mol. The topological polar surface area (TPSA) is 513 Å². The first-order valence-electron chi connectivity index (χ1n) is 23.9. The van der Waals surface area contributed by atoms with Crippen molar-refractivity contribution in [3.63, 3.8) is 0 Å². The highest BCUT2D eigenvalue weighted by Crippen LogP contribution is 2.36. The summed E-state index contributed by atoms with van der Waals surface area (Å²) in [6.07, 6.45) is -49.7. The molecular formula is C42H71N3O30. The van der Waals surface area contributed by atoms with Gasteiger partial charge in [-0.2, -0.15) is 0 Å². The zero-order valence-corrected chi connectivity index (χ0v) is 40.7. The van der Waals surface area contributed by atoms with Crippen molar-refractivity contribution in [1.82, 2.24) is 16.0 Å². The van der Waals surface area contributed by atoms with E-state index in [1.165, 1.54) is 6.92 Å². The van der Waals surface area contributed by atoms with Gasteiger partial charge in [0.05, 0.1) is 39.1 Å². The second-order valence-corrected chi connectivity index (χ2v) is 19.0. The van der Waals surface area contributed by atoms with Crippen LogP contribution in [-0.4, -0.2) is 317 Å². The van der Waals surface area contributed by atoms with E-state index in [9.17, 15) is 96.1 Å². The van der Waals surface area contributed by atoms with E-state index < -0.39 is 235 Å². The molecule has 33 heteroatoms. The molecule has 0 aromatic heterocycles. The monoisotopic (exact) mass is 1100 g/mol. The minimum atomic E-state index is -2.25. The van der Waals surface area contributed by atoms with Gasteiger partial charge in [0, 0.05) is 20.8 Å². The molecule has 0 spiro atoms. The third-order valence-electron chi connectivity index (χ3n) is 13.6. The second kappa shape index (κ2) is 26.5. The fraction of sp³-hybridized carbons (Fsp3) is 0.929. The van der Waals surface area contributed by atoms with Crippen LogP contribution < -0.4 is 16.0 Å². The van der Waals surface area contributed by atoms with Crippen LogP contribution in [0.3, 0.4) is 0 Å². The third kappa shape index (κ3) is 13.7. The smallest absolute Gasteiger partial charge is 0.217 e. The van der Waals surface area contributed by atoms with Gasteiger partial charge < -0.3 is 150 Å². The molecule has 6 aliphatic rings. The van der Waals surface area contributed by atoms with Gasteiger partial charge in [0.2, 0.25) is 17.7 Å². The van der Waals surface area contributed by atoms with Gasteiger partial charge in [0.25, 0.3) is 0 Å². The van der Waals surface area contributed by atoms with Crippen molar-refractivity contribution in [3.8, 4) is 0 Å². The van der Waals surface area contributed by atoms with Crippen LogP contribution >= 0.6 is 0 Å². The largest absolute Gasteiger partial charge is 0.394 e. The Balaban J connectivity index is 1.25. The summed E-state index contributed by atoms with van der Waals surface area (Å²) in [7, 11) is 0. The van der Waals surface area contributed by atoms with Crippen molar-refractivity contribution in [2.45, 2.75) is 212 Å². The Labute approximate surface area is 426 Å². The van der Waals surface area contributed by atoms with Crippen molar-refractivity contribution in [2.75, 3.05) is 33.0 Å². The zero-order valence-electron chi connectivity index (χ0n) is 40.7. The molecule has 19 N–H and O–H groups in total. The minimum Gasteiger partial charge on any atom is -0.394 e.